The van der Waals surface area contributed by atoms with E-state index >= 15 is 0 Å². The fraction of sp³-hybridized carbons (Fsp3) is 0.875. The molecule has 4 nitrogen and oxygen atoms in total. The molecule has 1 aromatic heterocycles. The van der Waals surface area contributed by atoms with E-state index in [2.05, 4.69) is 37.8 Å². The van der Waals surface area contributed by atoms with Gasteiger partial charge in [0.15, 0.2) is 0 Å². The molecule has 1 heterocycles. The molecule has 1 saturated carbocycles. The van der Waals surface area contributed by atoms with Gasteiger partial charge in [0.2, 0.25) is 0 Å². The minimum atomic E-state index is -0.297. The lowest BCUT2D eigenvalue weighted by Gasteiger charge is -2.36. The number of rotatable bonds is 6. The van der Waals surface area contributed by atoms with Crippen LogP contribution in [-0.4, -0.2) is 26.0 Å². The van der Waals surface area contributed by atoms with E-state index in [0.29, 0.717) is 18.4 Å². The fourth-order valence-electron chi connectivity index (χ4n) is 3.81. The molecule has 2 rings (SSSR count). The molecule has 0 amide bonds. The minimum absolute atomic E-state index is 0.0991. The Bertz CT molecular complexity index is 419. The second-order valence-corrected chi connectivity index (χ2v) is 7.10. The third kappa shape index (κ3) is 3.22. The number of aliphatic hydroxyl groups is 1. The van der Waals surface area contributed by atoms with E-state index in [1.54, 1.807) is 6.33 Å². The molecule has 0 saturated heterocycles. The van der Waals surface area contributed by atoms with Gasteiger partial charge in [0.25, 0.3) is 0 Å². The number of aliphatic hydroxyl groups excluding tert-OH is 1. The number of nitrogens with zero attached hydrogens (tertiary/aromatic N) is 3. The highest BCUT2D eigenvalue weighted by molar-refractivity contribution is 4.98. The van der Waals surface area contributed by atoms with Crippen LogP contribution in [0.2, 0.25) is 0 Å². The molecule has 1 atom stereocenters. The van der Waals surface area contributed by atoms with Gasteiger partial charge < -0.3 is 5.11 Å². The maximum atomic E-state index is 10.8. The molecule has 0 bridgehead atoms. The van der Waals surface area contributed by atoms with E-state index in [-0.39, 0.29) is 11.5 Å². The van der Waals surface area contributed by atoms with Crippen molar-refractivity contribution in [1.29, 1.82) is 0 Å². The predicted molar refractivity (Wildman–Crippen MR) is 80.5 cm³/mol. The number of aromatic nitrogens is 3. The molecule has 1 aliphatic rings. The van der Waals surface area contributed by atoms with Gasteiger partial charge in [-0.3, -0.25) is 0 Å². The van der Waals surface area contributed by atoms with Gasteiger partial charge in [-0.2, -0.15) is 5.10 Å². The van der Waals surface area contributed by atoms with Crippen molar-refractivity contribution in [3.8, 4) is 0 Å². The van der Waals surface area contributed by atoms with Crippen LogP contribution in [0.5, 0.6) is 0 Å². The summed E-state index contributed by atoms with van der Waals surface area (Å²) < 4.78 is 1.93. The summed E-state index contributed by atoms with van der Waals surface area (Å²) in [6.45, 7) is 8.71. The van der Waals surface area contributed by atoms with Crippen molar-refractivity contribution in [2.45, 2.75) is 78.4 Å². The Labute approximate surface area is 122 Å². The van der Waals surface area contributed by atoms with E-state index in [9.17, 15) is 5.11 Å². The third-order valence-corrected chi connectivity index (χ3v) is 4.63. The first-order valence-electron chi connectivity index (χ1n) is 8.01. The van der Waals surface area contributed by atoms with Crippen molar-refractivity contribution in [3.63, 3.8) is 0 Å². The molecule has 1 unspecified atom stereocenters. The average molecular weight is 279 g/mol. The van der Waals surface area contributed by atoms with Crippen molar-refractivity contribution in [3.05, 3.63) is 12.2 Å². The maximum Gasteiger partial charge on any atom is 0.138 e. The SMILES string of the molecule is CC(C)CC1(C(O)Cc2ncnn2C(C)C)CCCC1. The molecule has 1 fully saturated rings. The first kappa shape index (κ1) is 15.5. The molecule has 0 radical (unpaired) electrons. The lowest BCUT2D eigenvalue weighted by atomic mass is 9.73. The average Bonchev–Trinajstić information content (AvgIpc) is 2.97. The maximum absolute atomic E-state index is 10.8. The van der Waals surface area contributed by atoms with E-state index in [1.807, 2.05) is 4.68 Å². The molecule has 20 heavy (non-hydrogen) atoms. The lowest BCUT2D eigenvalue weighted by Crippen LogP contribution is -2.36. The van der Waals surface area contributed by atoms with Crippen LogP contribution in [0.3, 0.4) is 0 Å². The normalized spacial score (nSPS) is 19.9. The van der Waals surface area contributed by atoms with E-state index < -0.39 is 0 Å². The zero-order valence-electron chi connectivity index (χ0n) is 13.3. The smallest absolute Gasteiger partial charge is 0.138 e. The van der Waals surface area contributed by atoms with Crippen LogP contribution in [0.15, 0.2) is 6.33 Å². The summed E-state index contributed by atoms with van der Waals surface area (Å²) in [4.78, 5) is 4.35. The highest BCUT2D eigenvalue weighted by Gasteiger charge is 2.41. The summed E-state index contributed by atoms with van der Waals surface area (Å²) in [5, 5.41) is 15.1. The van der Waals surface area contributed by atoms with Crippen LogP contribution in [-0.2, 0) is 6.42 Å². The highest BCUT2D eigenvalue weighted by Crippen LogP contribution is 2.46. The molecule has 0 aromatic carbocycles. The van der Waals surface area contributed by atoms with E-state index in [0.717, 1.165) is 25.1 Å². The Morgan fingerprint density at radius 3 is 2.45 bits per heavy atom. The van der Waals surface area contributed by atoms with Crippen LogP contribution in [0, 0.1) is 11.3 Å². The predicted octanol–water partition coefficient (Wildman–Crippen LogP) is 3.37. The van der Waals surface area contributed by atoms with E-state index in [4.69, 9.17) is 0 Å². The minimum Gasteiger partial charge on any atom is -0.392 e. The van der Waals surface area contributed by atoms with Crippen LogP contribution >= 0.6 is 0 Å². The Morgan fingerprint density at radius 1 is 1.25 bits per heavy atom. The lowest BCUT2D eigenvalue weighted by molar-refractivity contribution is 0.0112. The van der Waals surface area contributed by atoms with E-state index in [1.165, 1.54) is 12.8 Å². The second kappa shape index (κ2) is 6.25. The number of hydrogen-bond acceptors (Lipinski definition) is 3. The first-order chi connectivity index (χ1) is 9.44. The molecule has 1 aromatic rings. The van der Waals surface area contributed by atoms with Crippen LogP contribution in [0.1, 0.15) is 71.7 Å². The number of hydrogen-bond donors (Lipinski definition) is 1. The Kier molecular flexibility index (Phi) is 4.84. The van der Waals surface area contributed by atoms with Crippen LogP contribution in [0.25, 0.3) is 0 Å². The molecule has 114 valence electrons. The van der Waals surface area contributed by atoms with Gasteiger partial charge in [0.05, 0.1) is 6.10 Å². The standard InChI is InChI=1S/C16H29N3O/c1-12(2)10-16(7-5-6-8-16)14(20)9-15-17-11-18-19(15)13(3)4/h11-14,20H,5-10H2,1-4H3. The Morgan fingerprint density at radius 2 is 1.90 bits per heavy atom. The zero-order chi connectivity index (χ0) is 14.8. The van der Waals surface area contributed by atoms with Crippen molar-refractivity contribution >= 4 is 0 Å². The molecular weight excluding hydrogens is 250 g/mol. The molecule has 1 aliphatic carbocycles. The van der Waals surface area contributed by atoms with Gasteiger partial charge in [0.1, 0.15) is 12.2 Å². The second-order valence-electron chi connectivity index (χ2n) is 7.10. The highest BCUT2D eigenvalue weighted by atomic mass is 16.3. The van der Waals surface area contributed by atoms with Crippen molar-refractivity contribution in [1.82, 2.24) is 14.8 Å². The molecule has 1 N–H and O–H groups in total. The van der Waals surface area contributed by atoms with Crippen molar-refractivity contribution in [2.24, 2.45) is 11.3 Å². The van der Waals surface area contributed by atoms with Crippen LogP contribution < -0.4 is 0 Å². The molecular formula is C16H29N3O. The first-order valence-corrected chi connectivity index (χ1v) is 8.01. The Balaban J connectivity index is 2.12. The van der Waals surface area contributed by atoms with Gasteiger partial charge >= 0.3 is 0 Å². The summed E-state index contributed by atoms with van der Waals surface area (Å²) in [5.41, 5.74) is 0.0991. The van der Waals surface area contributed by atoms with Gasteiger partial charge in [-0.25, -0.2) is 9.67 Å². The summed E-state index contributed by atoms with van der Waals surface area (Å²) in [7, 11) is 0. The molecule has 0 spiro atoms. The largest absolute Gasteiger partial charge is 0.392 e. The van der Waals surface area contributed by atoms with Gasteiger partial charge in [0, 0.05) is 12.5 Å². The fourth-order valence-corrected chi connectivity index (χ4v) is 3.81. The molecule has 0 aliphatic heterocycles. The quantitative estimate of drug-likeness (QED) is 0.868. The summed E-state index contributed by atoms with van der Waals surface area (Å²) in [6.07, 6.45) is 7.86. The Hall–Kier alpha value is -0.900. The van der Waals surface area contributed by atoms with Crippen molar-refractivity contribution in [2.75, 3.05) is 0 Å². The summed E-state index contributed by atoms with van der Waals surface area (Å²) in [5.74, 6) is 1.55. The summed E-state index contributed by atoms with van der Waals surface area (Å²) in [6, 6.07) is 0.296. The van der Waals surface area contributed by atoms with Gasteiger partial charge in [-0.1, -0.05) is 26.7 Å². The monoisotopic (exact) mass is 279 g/mol. The zero-order valence-corrected chi connectivity index (χ0v) is 13.3. The van der Waals surface area contributed by atoms with Gasteiger partial charge in [-0.15, -0.1) is 0 Å². The molecule has 4 heteroatoms. The van der Waals surface area contributed by atoms with Crippen LogP contribution in [0.4, 0.5) is 0 Å². The topological polar surface area (TPSA) is 50.9 Å². The van der Waals surface area contributed by atoms with Gasteiger partial charge in [-0.05, 0) is 44.4 Å². The third-order valence-electron chi connectivity index (χ3n) is 4.63. The summed E-state index contributed by atoms with van der Waals surface area (Å²) >= 11 is 0. The van der Waals surface area contributed by atoms with Crippen molar-refractivity contribution < 1.29 is 5.11 Å².